The summed E-state index contributed by atoms with van der Waals surface area (Å²) in [5.41, 5.74) is -1.91. The summed E-state index contributed by atoms with van der Waals surface area (Å²) < 4.78 is 74.3. The Kier molecular flexibility index (Phi) is 10.1. The Balaban J connectivity index is 1.34. The van der Waals surface area contributed by atoms with Gasteiger partial charge in [-0.2, -0.15) is 13.2 Å². The molecule has 53 heavy (non-hydrogen) atoms. The maximum absolute atomic E-state index is 14.7. The van der Waals surface area contributed by atoms with Gasteiger partial charge in [0.2, 0.25) is 21.8 Å². The highest BCUT2D eigenvalue weighted by molar-refractivity contribution is 7.91. The fourth-order valence-corrected chi connectivity index (χ4v) is 8.08. The number of halogens is 4. The van der Waals surface area contributed by atoms with Gasteiger partial charge < -0.3 is 20.3 Å². The van der Waals surface area contributed by atoms with Gasteiger partial charge in [-0.1, -0.05) is 56.6 Å². The van der Waals surface area contributed by atoms with Crippen LogP contribution in [0.15, 0.2) is 79.4 Å². The Morgan fingerprint density at radius 3 is 2.32 bits per heavy atom. The molecule has 282 valence electrons. The largest absolute Gasteiger partial charge is 0.457 e. The van der Waals surface area contributed by atoms with Crippen LogP contribution < -0.4 is 20.1 Å². The lowest BCUT2D eigenvalue weighted by Crippen LogP contribution is -2.61. The molecule has 0 spiro atoms. The lowest BCUT2D eigenvalue weighted by Gasteiger charge is -2.41. The second-order valence-corrected chi connectivity index (χ2v) is 17.3. The average Bonchev–Trinajstić information content (AvgIpc) is 4.01. The van der Waals surface area contributed by atoms with E-state index in [4.69, 9.17) is 16.3 Å². The van der Waals surface area contributed by atoms with E-state index in [-0.39, 0.29) is 25.1 Å². The molecule has 2 fully saturated rings. The van der Waals surface area contributed by atoms with Gasteiger partial charge in [0, 0.05) is 29.6 Å². The molecule has 1 heterocycles. The maximum Gasteiger partial charge on any atom is 0.416 e. The van der Waals surface area contributed by atoms with Crippen molar-refractivity contribution in [2.24, 2.45) is 11.3 Å². The van der Waals surface area contributed by atoms with Crippen LogP contribution in [0, 0.1) is 11.3 Å². The van der Waals surface area contributed by atoms with Gasteiger partial charge in [-0.15, -0.1) is 6.58 Å². The normalized spacial score (nSPS) is 21.8. The lowest BCUT2D eigenvalue weighted by molar-refractivity contribution is -0.145. The zero-order valence-electron chi connectivity index (χ0n) is 29.3. The Hall–Kier alpha value is -4.56. The summed E-state index contributed by atoms with van der Waals surface area (Å²) in [5, 5.41) is 5.56. The zero-order chi connectivity index (χ0) is 38.5. The molecule has 0 bridgehead atoms. The highest BCUT2D eigenvalue weighted by Gasteiger charge is 2.61. The summed E-state index contributed by atoms with van der Waals surface area (Å²) in [6.07, 6.45) is -2.20. The van der Waals surface area contributed by atoms with E-state index < -0.39 is 73.7 Å². The number of sulfonamides is 1. The van der Waals surface area contributed by atoms with Crippen molar-refractivity contribution >= 4 is 45.0 Å². The SMILES string of the molecule is C=CC1CC1(NC(=O)C1Cc2cc(Oc3cccc(Cl)c3)ccc2CN1C(=O)C(Nc1cccc(C(F)(F)F)c1)C(C)(C)C)C(=O)NS(=O)(=O)C1CC1. The summed E-state index contributed by atoms with van der Waals surface area (Å²) in [7, 11) is -3.94. The van der Waals surface area contributed by atoms with Crippen LogP contribution in [0.1, 0.15) is 56.7 Å². The predicted octanol–water partition coefficient (Wildman–Crippen LogP) is 6.60. The van der Waals surface area contributed by atoms with E-state index in [1.807, 2.05) is 0 Å². The number of fused-ring (bicyclic) bond motifs is 1. The molecule has 0 radical (unpaired) electrons. The van der Waals surface area contributed by atoms with Crippen molar-refractivity contribution in [3.05, 3.63) is 101 Å². The van der Waals surface area contributed by atoms with Gasteiger partial charge in [-0.3, -0.25) is 19.1 Å². The third-order valence-electron chi connectivity index (χ3n) is 9.79. The van der Waals surface area contributed by atoms with Crippen LogP contribution in [-0.4, -0.2) is 53.9 Å². The summed E-state index contributed by atoms with van der Waals surface area (Å²) in [6, 6.07) is 14.2. The minimum atomic E-state index is -4.61. The molecule has 15 heteroatoms. The minimum absolute atomic E-state index is 0.0170. The van der Waals surface area contributed by atoms with Gasteiger partial charge in [0.25, 0.3) is 5.91 Å². The van der Waals surface area contributed by atoms with E-state index in [2.05, 4.69) is 21.9 Å². The van der Waals surface area contributed by atoms with Gasteiger partial charge in [-0.25, -0.2) is 8.42 Å². The number of hydrogen-bond acceptors (Lipinski definition) is 7. The van der Waals surface area contributed by atoms with E-state index in [1.54, 1.807) is 63.2 Å². The smallest absolute Gasteiger partial charge is 0.416 e. The number of alkyl halides is 3. The van der Waals surface area contributed by atoms with E-state index in [9.17, 15) is 36.0 Å². The number of anilines is 1. The quantitative estimate of drug-likeness (QED) is 0.187. The number of carbonyl (C=O) groups excluding carboxylic acids is 3. The lowest BCUT2D eigenvalue weighted by atomic mass is 9.84. The molecule has 6 rings (SSSR count). The van der Waals surface area contributed by atoms with Crippen molar-refractivity contribution < 1.29 is 40.7 Å². The molecule has 4 unspecified atom stereocenters. The Morgan fingerprint density at radius 2 is 1.70 bits per heavy atom. The number of amides is 3. The topological polar surface area (TPSA) is 134 Å². The van der Waals surface area contributed by atoms with Gasteiger partial charge in [0.1, 0.15) is 29.1 Å². The fourth-order valence-electron chi connectivity index (χ4n) is 6.54. The van der Waals surface area contributed by atoms with Crippen molar-refractivity contribution in [1.82, 2.24) is 14.9 Å². The van der Waals surface area contributed by atoms with E-state index >= 15 is 0 Å². The molecule has 3 amide bonds. The molecule has 10 nitrogen and oxygen atoms in total. The van der Waals surface area contributed by atoms with Crippen LogP contribution >= 0.6 is 11.6 Å². The molecule has 0 aromatic heterocycles. The molecule has 3 aromatic carbocycles. The molecule has 4 atom stereocenters. The first-order valence-electron chi connectivity index (χ1n) is 17.1. The third-order valence-corrected chi connectivity index (χ3v) is 11.8. The number of rotatable bonds is 11. The molecular formula is C38H40ClF3N4O6S. The molecule has 3 aliphatic rings. The number of ether oxygens (including phenoxy) is 1. The molecule has 1 aliphatic heterocycles. The summed E-state index contributed by atoms with van der Waals surface area (Å²) in [6.45, 7) is 8.95. The van der Waals surface area contributed by atoms with E-state index in [0.717, 1.165) is 12.1 Å². The fraction of sp³-hybridized carbons (Fsp3) is 0.395. The van der Waals surface area contributed by atoms with Gasteiger partial charge in [0.15, 0.2) is 0 Å². The van der Waals surface area contributed by atoms with Crippen molar-refractivity contribution in [3.8, 4) is 11.5 Å². The van der Waals surface area contributed by atoms with Crippen LogP contribution in [0.25, 0.3) is 0 Å². The molecule has 2 saturated carbocycles. The number of carbonyl (C=O) groups is 3. The summed E-state index contributed by atoms with van der Waals surface area (Å²) in [5.74, 6) is -1.80. The number of benzene rings is 3. The summed E-state index contributed by atoms with van der Waals surface area (Å²) in [4.78, 5) is 43.9. The van der Waals surface area contributed by atoms with Crippen molar-refractivity contribution in [2.75, 3.05) is 5.32 Å². The predicted molar refractivity (Wildman–Crippen MR) is 194 cm³/mol. The number of nitrogens with zero attached hydrogens (tertiary/aromatic N) is 1. The molecule has 2 aliphatic carbocycles. The first-order valence-corrected chi connectivity index (χ1v) is 19.0. The first kappa shape index (κ1) is 38.2. The van der Waals surface area contributed by atoms with Crippen LogP contribution in [-0.2, 0) is 43.5 Å². The van der Waals surface area contributed by atoms with Crippen LogP contribution in [0.3, 0.4) is 0 Å². The Bertz CT molecular complexity index is 2070. The zero-order valence-corrected chi connectivity index (χ0v) is 30.9. The maximum atomic E-state index is 14.7. The summed E-state index contributed by atoms with van der Waals surface area (Å²) >= 11 is 6.13. The van der Waals surface area contributed by atoms with Crippen molar-refractivity contribution in [3.63, 3.8) is 0 Å². The third kappa shape index (κ3) is 8.33. The van der Waals surface area contributed by atoms with Crippen LogP contribution in [0.5, 0.6) is 11.5 Å². The molecule has 0 saturated heterocycles. The van der Waals surface area contributed by atoms with Crippen LogP contribution in [0.4, 0.5) is 18.9 Å². The monoisotopic (exact) mass is 772 g/mol. The Labute approximate surface area is 311 Å². The van der Waals surface area contributed by atoms with Gasteiger partial charge in [-0.05, 0) is 84.3 Å². The number of hydrogen-bond donors (Lipinski definition) is 3. The first-order chi connectivity index (χ1) is 24.8. The molecule has 3 aromatic rings. The van der Waals surface area contributed by atoms with E-state index in [0.29, 0.717) is 40.5 Å². The average molecular weight is 773 g/mol. The van der Waals surface area contributed by atoms with E-state index in [1.165, 1.54) is 23.1 Å². The van der Waals surface area contributed by atoms with Crippen molar-refractivity contribution in [1.29, 1.82) is 0 Å². The van der Waals surface area contributed by atoms with Crippen molar-refractivity contribution in [2.45, 2.75) is 82.0 Å². The standard InChI is InChI=1S/C38H40ClF3N4O6S/c1-5-24-20-37(24,35(49)45-53(50,51)30-14-15-30)44-33(47)31-17-23-16-29(52-28-11-7-9-26(39)19-28)13-12-22(23)21-46(31)34(48)32(36(2,3)4)43-27-10-6-8-25(18-27)38(40,41)42/h5-13,16,18-19,24,30-32,43H,1,14-15,17,20-21H2,2-4H3,(H,44,47)(H,45,49). The highest BCUT2D eigenvalue weighted by Crippen LogP contribution is 2.46. The Morgan fingerprint density at radius 1 is 1.00 bits per heavy atom. The minimum Gasteiger partial charge on any atom is -0.457 e. The number of nitrogens with one attached hydrogen (secondary N) is 3. The van der Waals surface area contributed by atoms with Crippen LogP contribution in [0.2, 0.25) is 5.02 Å². The van der Waals surface area contributed by atoms with Gasteiger partial charge in [0.05, 0.1) is 10.8 Å². The molecular weight excluding hydrogens is 733 g/mol. The second-order valence-electron chi connectivity index (χ2n) is 14.9. The second kappa shape index (κ2) is 14.0. The highest BCUT2D eigenvalue weighted by atomic mass is 35.5. The molecule has 3 N–H and O–H groups in total. The van der Waals surface area contributed by atoms with Gasteiger partial charge >= 0.3 is 6.18 Å².